The minimum Gasteiger partial charge on any atom is -0.466 e. The van der Waals surface area contributed by atoms with Crippen molar-refractivity contribution < 1.29 is 14.3 Å². The number of nitrogens with zero attached hydrogens (tertiary/aromatic N) is 3. The van der Waals surface area contributed by atoms with E-state index >= 15 is 0 Å². The predicted octanol–water partition coefficient (Wildman–Crippen LogP) is 0.717. The molecule has 2 aliphatic heterocycles. The van der Waals surface area contributed by atoms with Gasteiger partial charge >= 0.3 is 0 Å². The molecule has 0 aliphatic carbocycles. The standard InChI is InChI=1S/C18H30N4O3/c1-18(23,16-4-3-10-25-16)14-20-17(19-2)22-8-6-21(7-9-22)12-15-5-11-24-13-15/h3-4,10,15,23H,5-9,11-14H2,1-2H3,(H,19,20). The van der Waals surface area contributed by atoms with E-state index in [0.717, 1.165) is 51.9 Å². The maximum absolute atomic E-state index is 10.6. The third-order valence-electron chi connectivity index (χ3n) is 5.07. The van der Waals surface area contributed by atoms with Crippen LogP contribution >= 0.6 is 0 Å². The maximum Gasteiger partial charge on any atom is 0.193 e. The number of furan rings is 1. The zero-order valence-corrected chi connectivity index (χ0v) is 15.3. The zero-order chi connectivity index (χ0) is 17.7. The number of hydrogen-bond acceptors (Lipinski definition) is 5. The molecule has 25 heavy (non-hydrogen) atoms. The summed E-state index contributed by atoms with van der Waals surface area (Å²) in [6, 6.07) is 3.57. The fraction of sp³-hybridized carbons (Fsp3) is 0.722. The molecular weight excluding hydrogens is 320 g/mol. The average Bonchev–Trinajstić information content (AvgIpc) is 3.30. The summed E-state index contributed by atoms with van der Waals surface area (Å²) >= 11 is 0. The monoisotopic (exact) mass is 350 g/mol. The Kier molecular flexibility index (Phi) is 5.98. The van der Waals surface area contributed by atoms with E-state index in [1.54, 1.807) is 32.4 Å². The van der Waals surface area contributed by atoms with E-state index in [-0.39, 0.29) is 0 Å². The number of rotatable bonds is 5. The summed E-state index contributed by atoms with van der Waals surface area (Å²) in [6.45, 7) is 9.00. The lowest BCUT2D eigenvalue weighted by atomic mass is 10.0. The van der Waals surface area contributed by atoms with Crippen LogP contribution in [-0.4, -0.2) is 80.4 Å². The quantitative estimate of drug-likeness (QED) is 0.602. The smallest absolute Gasteiger partial charge is 0.193 e. The molecule has 2 unspecified atom stereocenters. The first-order valence-corrected chi connectivity index (χ1v) is 9.10. The van der Waals surface area contributed by atoms with Crippen LogP contribution in [0.2, 0.25) is 0 Å². The Morgan fingerprint density at radius 2 is 2.20 bits per heavy atom. The Morgan fingerprint density at radius 3 is 2.80 bits per heavy atom. The van der Waals surface area contributed by atoms with Crippen molar-refractivity contribution in [3.05, 3.63) is 24.2 Å². The molecule has 0 radical (unpaired) electrons. The second-order valence-corrected chi connectivity index (χ2v) is 7.17. The highest BCUT2D eigenvalue weighted by Gasteiger charge is 2.28. The van der Waals surface area contributed by atoms with Gasteiger partial charge < -0.3 is 24.5 Å². The maximum atomic E-state index is 10.6. The number of aliphatic imine (C=N–C) groups is 1. The Balaban J connectivity index is 1.46. The van der Waals surface area contributed by atoms with Crippen molar-refractivity contribution >= 4 is 5.96 Å². The van der Waals surface area contributed by atoms with Crippen LogP contribution in [0.1, 0.15) is 19.1 Å². The van der Waals surface area contributed by atoms with Crippen molar-refractivity contribution in [1.82, 2.24) is 15.1 Å². The second kappa shape index (κ2) is 8.21. The van der Waals surface area contributed by atoms with E-state index in [1.807, 2.05) is 0 Å². The molecule has 0 aromatic carbocycles. The van der Waals surface area contributed by atoms with Gasteiger partial charge in [0.1, 0.15) is 11.4 Å². The van der Waals surface area contributed by atoms with Gasteiger partial charge in [0, 0.05) is 46.4 Å². The molecule has 0 bridgehead atoms. The largest absolute Gasteiger partial charge is 0.466 e. The van der Waals surface area contributed by atoms with E-state index in [4.69, 9.17) is 9.15 Å². The molecule has 3 heterocycles. The normalized spacial score (nSPS) is 25.2. The second-order valence-electron chi connectivity index (χ2n) is 7.17. The van der Waals surface area contributed by atoms with Crippen molar-refractivity contribution in [2.45, 2.75) is 18.9 Å². The Labute approximate surface area is 149 Å². The highest BCUT2D eigenvalue weighted by molar-refractivity contribution is 5.80. The number of nitrogens with one attached hydrogen (secondary N) is 1. The molecule has 2 atom stereocenters. The first-order chi connectivity index (χ1) is 12.1. The van der Waals surface area contributed by atoms with Gasteiger partial charge in [-0.3, -0.25) is 9.89 Å². The van der Waals surface area contributed by atoms with E-state index in [9.17, 15) is 5.11 Å². The minimum atomic E-state index is -1.07. The van der Waals surface area contributed by atoms with Gasteiger partial charge in [-0.05, 0) is 31.4 Å². The third kappa shape index (κ3) is 4.74. The van der Waals surface area contributed by atoms with E-state index in [1.165, 1.54) is 6.42 Å². The molecule has 2 N–H and O–H groups in total. The van der Waals surface area contributed by atoms with Crippen LogP contribution in [0.3, 0.4) is 0 Å². The molecule has 2 saturated heterocycles. The minimum absolute atomic E-state index is 0.354. The van der Waals surface area contributed by atoms with Crippen LogP contribution in [0.5, 0.6) is 0 Å². The van der Waals surface area contributed by atoms with Gasteiger partial charge in [0.05, 0.1) is 19.4 Å². The number of hydrogen-bond donors (Lipinski definition) is 2. The third-order valence-corrected chi connectivity index (χ3v) is 5.07. The summed E-state index contributed by atoms with van der Waals surface area (Å²) in [5.74, 6) is 2.07. The van der Waals surface area contributed by atoms with Gasteiger partial charge in [-0.25, -0.2) is 0 Å². The van der Waals surface area contributed by atoms with E-state index < -0.39 is 5.60 Å². The molecule has 3 rings (SSSR count). The lowest BCUT2D eigenvalue weighted by Crippen LogP contribution is -2.54. The zero-order valence-electron chi connectivity index (χ0n) is 15.3. The molecule has 2 fully saturated rings. The summed E-state index contributed by atoms with van der Waals surface area (Å²) in [5, 5.41) is 13.9. The molecule has 0 spiro atoms. The lowest BCUT2D eigenvalue weighted by Gasteiger charge is -2.37. The van der Waals surface area contributed by atoms with Crippen LogP contribution in [0.15, 0.2) is 27.8 Å². The van der Waals surface area contributed by atoms with Crippen molar-refractivity contribution in [2.75, 3.05) is 59.5 Å². The van der Waals surface area contributed by atoms with Crippen LogP contribution in [0.4, 0.5) is 0 Å². The average molecular weight is 350 g/mol. The van der Waals surface area contributed by atoms with E-state index in [0.29, 0.717) is 18.2 Å². The molecule has 0 saturated carbocycles. The summed E-state index contributed by atoms with van der Waals surface area (Å²) in [4.78, 5) is 9.14. The van der Waals surface area contributed by atoms with Gasteiger partial charge in [-0.15, -0.1) is 0 Å². The summed E-state index contributed by atoms with van der Waals surface area (Å²) < 4.78 is 10.8. The van der Waals surface area contributed by atoms with Crippen LogP contribution in [-0.2, 0) is 10.3 Å². The highest BCUT2D eigenvalue weighted by atomic mass is 16.5. The molecule has 7 heteroatoms. The number of guanidine groups is 1. The number of piperazine rings is 1. The predicted molar refractivity (Wildman–Crippen MR) is 96.6 cm³/mol. The van der Waals surface area contributed by atoms with Crippen molar-refractivity contribution in [2.24, 2.45) is 10.9 Å². The first kappa shape index (κ1) is 18.2. The molecule has 1 aromatic heterocycles. The fourth-order valence-corrected chi connectivity index (χ4v) is 3.49. The SMILES string of the molecule is CN=C(NCC(C)(O)c1ccco1)N1CCN(CC2CCOC2)CC1. The Morgan fingerprint density at radius 1 is 1.40 bits per heavy atom. The summed E-state index contributed by atoms with van der Waals surface area (Å²) in [6.07, 6.45) is 2.76. The molecule has 0 amide bonds. The van der Waals surface area contributed by atoms with Crippen molar-refractivity contribution in [1.29, 1.82) is 0 Å². The topological polar surface area (TPSA) is 73.5 Å². The Bertz CT molecular complexity index is 545. The molecular formula is C18H30N4O3. The van der Waals surface area contributed by atoms with Gasteiger partial charge in [-0.1, -0.05) is 0 Å². The van der Waals surface area contributed by atoms with Crippen molar-refractivity contribution in [3.8, 4) is 0 Å². The van der Waals surface area contributed by atoms with Gasteiger partial charge in [0.2, 0.25) is 0 Å². The van der Waals surface area contributed by atoms with Gasteiger partial charge in [0.25, 0.3) is 0 Å². The number of ether oxygens (including phenoxy) is 1. The summed E-state index contributed by atoms with van der Waals surface area (Å²) in [5.41, 5.74) is -1.07. The van der Waals surface area contributed by atoms with Crippen LogP contribution in [0.25, 0.3) is 0 Å². The van der Waals surface area contributed by atoms with Gasteiger partial charge in [-0.2, -0.15) is 0 Å². The number of aliphatic hydroxyl groups is 1. The molecule has 7 nitrogen and oxygen atoms in total. The van der Waals surface area contributed by atoms with E-state index in [2.05, 4.69) is 20.1 Å². The molecule has 1 aromatic rings. The van der Waals surface area contributed by atoms with Crippen molar-refractivity contribution in [3.63, 3.8) is 0 Å². The molecule has 2 aliphatic rings. The first-order valence-electron chi connectivity index (χ1n) is 9.10. The fourth-order valence-electron chi connectivity index (χ4n) is 3.49. The Hall–Kier alpha value is -1.57. The van der Waals surface area contributed by atoms with Gasteiger partial charge in [0.15, 0.2) is 5.96 Å². The van der Waals surface area contributed by atoms with Crippen LogP contribution < -0.4 is 5.32 Å². The highest BCUT2D eigenvalue weighted by Crippen LogP contribution is 2.20. The summed E-state index contributed by atoms with van der Waals surface area (Å²) in [7, 11) is 1.78. The van der Waals surface area contributed by atoms with Crippen LogP contribution in [0, 0.1) is 5.92 Å². The molecule has 140 valence electrons. The lowest BCUT2D eigenvalue weighted by molar-refractivity contribution is 0.0376.